The highest BCUT2D eigenvalue weighted by molar-refractivity contribution is 5.87. The van der Waals surface area contributed by atoms with E-state index in [1.165, 1.54) is 4.90 Å². The maximum atomic E-state index is 12.6. The molecule has 2 unspecified atom stereocenters. The van der Waals surface area contributed by atoms with Gasteiger partial charge in [-0.05, 0) is 32.1 Å². The fourth-order valence-corrected chi connectivity index (χ4v) is 3.12. The fourth-order valence-electron chi connectivity index (χ4n) is 3.12. The second-order valence-electron chi connectivity index (χ2n) is 5.48. The van der Waals surface area contributed by atoms with E-state index >= 15 is 0 Å². The number of amides is 3. The highest BCUT2D eigenvalue weighted by atomic mass is 16.4. The Kier molecular flexibility index (Phi) is 4.46. The Morgan fingerprint density at radius 1 is 1.05 bits per heavy atom. The molecule has 0 radical (unpaired) electrons. The number of carbonyl (C=O) groups excluding carboxylic acids is 2. The Balaban J connectivity index is 2.09. The van der Waals surface area contributed by atoms with Crippen LogP contribution in [0.2, 0.25) is 0 Å². The topological polar surface area (TPSA) is 104 Å². The molecule has 0 saturated carbocycles. The molecule has 0 aromatic rings. The van der Waals surface area contributed by atoms with Crippen LogP contribution in [0, 0.1) is 0 Å². The number of carboxylic acid groups (broad SMARTS) is 1. The minimum atomic E-state index is -0.900. The van der Waals surface area contributed by atoms with E-state index in [0.717, 1.165) is 19.3 Å². The van der Waals surface area contributed by atoms with Crippen molar-refractivity contribution >= 4 is 17.9 Å². The lowest BCUT2D eigenvalue weighted by Gasteiger charge is -2.38. The fraction of sp³-hybridized carbons (Fsp3) is 0.769. The van der Waals surface area contributed by atoms with Gasteiger partial charge in [-0.2, -0.15) is 0 Å². The molecule has 2 aliphatic rings. The molecular weight excluding hydrogens is 262 g/mol. The summed E-state index contributed by atoms with van der Waals surface area (Å²) in [6.07, 6.45) is 3.82. The highest BCUT2D eigenvalue weighted by Gasteiger charge is 2.38. The lowest BCUT2D eigenvalue weighted by Crippen LogP contribution is -2.54. The van der Waals surface area contributed by atoms with Gasteiger partial charge in [0, 0.05) is 19.1 Å². The van der Waals surface area contributed by atoms with Crippen molar-refractivity contribution < 1.29 is 19.5 Å². The van der Waals surface area contributed by atoms with E-state index in [2.05, 4.69) is 0 Å². The van der Waals surface area contributed by atoms with Gasteiger partial charge in [-0.1, -0.05) is 0 Å². The van der Waals surface area contributed by atoms with Gasteiger partial charge in [0.1, 0.15) is 6.04 Å². The number of carboxylic acids is 1. The molecule has 0 aliphatic carbocycles. The maximum absolute atomic E-state index is 12.6. The van der Waals surface area contributed by atoms with Crippen molar-refractivity contribution in [1.82, 2.24) is 9.80 Å². The summed E-state index contributed by atoms with van der Waals surface area (Å²) in [7, 11) is 0. The number of primary amides is 1. The van der Waals surface area contributed by atoms with Gasteiger partial charge in [-0.25, -0.2) is 4.79 Å². The Labute approximate surface area is 117 Å². The van der Waals surface area contributed by atoms with Crippen LogP contribution in [-0.4, -0.2) is 58.0 Å². The quantitative estimate of drug-likeness (QED) is 0.781. The molecule has 112 valence electrons. The molecule has 2 saturated heterocycles. The van der Waals surface area contributed by atoms with Crippen molar-refractivity contribution in [3.63, 3.8) is 0 Å². The number of likely N-dealkylation sites (tertiary alicyclic amines) is 2. The van der Waals surface area contributed by atoms with E-state index in [0.29, 0.717) is 25.9 Å². The number of hydrogen-bond donors (Lipinski definition) is 2. The van der Waals surface area contributed by atoms with Crippen molar-refractivity contribution in [3.05, 3.63) is 0 Å². The molecule has 2 rings (SSSR count). The van der Waals surface area contributed by atoms with Gasteiger partial charge >= 0.3 is 12.0 Å². The number of nitrogens with two attached hydrogens (primary N) is 1. The van der Waals surface area contributed by atoms with Crippen molar-refractivity contribution in [2.24, 2.45) is 5.73 Å². The minimum absolute atomic E-state index is 0.0409. The molecule has 2 atom stereocenters. The lowest BCUT2D eigenvalue weighted by molar-refractivity contribution is -0.138. The Hall–Kier alpha value is -1.79. The molecule has 0 aromatic heterocycles. The van der Waals surface area contributed by atoms with Crippen LogP contribution in [0.3, 0.4) is 0 Å². The van der Waals surface area contributed by atoms with Crippen LogP contribution in [0.25, 0.3) is 0 Å². The Morgan fingerprint density at radius 2 is 1.75 bits per heavy atom. The zero-order chi connectivity index (χ0) is 14.7. The summed E-state index contributed by atoms with van der Waals surface area (Å²) >= 11 is 0. The van der Waals surface area contributed by atoms with Crippen LogP contribution in [-0.2, 0) is 9.59 Å². The molecule has 3 amide bonds. The van der Waals surface area contributed by atoms with Crippen LogP contribution in [0.5, 0.6) is 0 Å². The third kappa shape index (κ3) is 3.02. The van der Waals surface area contributed by atoms with Gasteiger partial charge in [0.25, 0.3) is 0 Å². The third-order valence-electron chi connectivity index (χ3n) is 4.11. The standard InChI is InChI=1S/C13H21N3O4/c14-12(19)10-5-3-7-16(10)13(20)15-6-2-1-4-9(15)8-11(17)18/h9-10H,1-8H2,(H2,14,19)(H,17,18). The number of piperidine rings is 1. The lowest BCUT2D eigenvalue weighted by atomic mass is 10.00. The van der Waals surface area contributed by atoms with Gasteiger partial charge in [-0.3, -0.25) is 9.59 Å². The van der Waals surface area contributed by atoms with Crippen LogP contribution in [0.15, 0.2) is 0 Å². The van der Waals surface area contributed by atoms with Crippen LogP contribution in [0.4, 0.5) is 4.79 Å². The van der Waals surface area contributed by atoms with Crippen molar-refractivity contribution in [3.8, 4) is 0 Å². The zero-order valence-corrected chi connectivity index (χ0v) is 11.5. The first-order chi connectivity index (χ1) is 9.50. The first-order valence-electron chi connectivity index (χ1n) is 7.09. The predicted octanol–water partition coefficient (Wildman–Crippen LogP) is 0.385. The zero-order valence-electron chi connectivity index (χ0n) is 11.5. The number of rotatable bonds is 3. The molecule has 2 heterocycles. The molecule has 0 spiro atoms. The molecule has 0 aromatic carbocycles. The normalized spacial score (nSPS) is 26.6. The van der Waals surface area contributed by atoms with Gasteiger partial charge in [0.2, 0.25) is 5.91 Å². The molecule has 7 heteroatoms. The molecular formula is C13H21N3O4. The van der Waals surface area contributed by atoms with Crippen molar-refractivity contribution in [1.29, 1.82) is 0 Å². The average Bonchev–Trinajstić information content (AvgIpc) is 2.87. The largest absolute Gasteiger partial charge is 0.481 e. The van der Waals surface area contributed by atoms with E-state index in [9.17, 15) is 14.4 Å². The first-order valence-corrected chi connectivity index (χ1v) is 7.09. The molecule has 2 fully saturated rings. The van der Waals surface area contributed by atoms with Crippen LogP contribution in [0.1, 0.15) is 38.5 Å². The number of carbonyl (C=O) groups is 3. The summed E-state index contributed by atoms with van der Waals surface area (Å²) in [4.78, 5) is 37.9. The smallest absolute Gasteiger partial charge is 0.320 e. The van der Waals surface area contributed by atoms with E-state index < -0.39 is 17.9 Å². The highest BCUT2D eigenvalue weighted by Crippen LogP contribution is 2.25. The van der Waals surface area contributed by atoms with E-state index in [-0.39, 0.29) is 18.5 Å². The summed E-state index contributed by atoms with van der Waals surface area (Å²) in [6, 6.07) is -1.06. The van der Waals surface area contributed by atoms with Gasteiger partial charge < -0.3 is 20.6 Å². The van der Waals surface area contributed by atoms with Crippen LogP contribution >= 0.6 is 0 Å². The summed E-state index contributed by atoms with van der Waals surface area (Å²) in [5, 5.41) is 8.95. The second kappa shape index (κ2) is 6.11. The van der Waals surface area contributed by atoms with E-state index in [1.807, 2.05) is 0 Å². The van der Waals surface area contributed by atoms with Gasteiger partial charge in [-0.15, -0.1) is 0 Å². The molecule has 0 bridgehead atoms. The molecule has 20 heavy (non-hydrogen) atoms. The number of hydrogen-bond acceptors (Lipinski definition) is 3. The van der Waals surface area contributed by atoms with Crippen LogP contribution < -0.4 is 5.73 Å². The summed E-state index contributed by atoms with van der Waals surface area (Å²) in [5.41, 5.74) is 5.33. The minimum Gasteiger partial charge on any atom is -0.481 e. The number of aliphatic carboxylic acids is 1. The molecule has 2 aliphatic heterocycles. The molecule has 3 N–H and O–H groups in total. The predicted molar refractivity (Wildman–Crippen MR) is 70.9 cm³/mol. The number of nitrogens with zero attached hydrogens (tertiary/aromatic N) is 2. The van der Waals surface area contributed by atoms with Gasteiger partial charge in [0.05, 0.1) is 6.42 Å². The monoisotopic (exact) mass is 283 g/mol. The number of urea groups is 1. The van der Waals surface area contributed by atoms with Gasteiger partial charge in [0.15, 0.2) is 0 Å². The van der Waals surface area contributed by atoms with E-state index in [4.69, 9.17) is 10.8 Å². The second-order valence-corrected chi connectivity index (χ2v) is 5.48. The SMILES string of the molecule is NC(=O)C1CCCN1C(=O)N1CCCCC1CC(=O)O. The maximum Gasteiger partial charge on any atom is 0.320 e. The van der Waals surface area contributed by atoms with E-state index in [1.54, 1.807) is 4.90 Å². The summed E-state index contributed by atoms with van der Waals surface area (Å²) in [5.74, 6) is -1.38. The summed E-state index contributed by atoms with van der Waals surface area (Å²) < 4.78 is 0. The Morgan fingerprint density at radius 3 is 2.40 bits per heavy atom. The summed E-state index contributed by atoms with van der Waals surface area (Å²) in [6.45, 7) is 1.07. The van der Waals surface area contributed by atoms with Crippen molar-refractivity contribution in [2.45, 2.75) is 50.6 Å². The molecule has 7 nitrogen and oxygen atoms in total. The third-order valence-corrected chi connectivity index (χ3v) is 4.11. The average molecular weight is 283 g/mol. The first kappa shape index (κ1) is 14.6. The van der Waals surface area contributed by atoms with Crippen molar-refractivity contribution in [2.75, 3.05) is 13.1 Å². The Bertz CT molecular complexity index is 412.